The van der Waals surface area contributed by atoms with Crippen LogP contribution in [-0.4, -0.2) is 29.4 Å². The molecule has 0 amide bonds. The maximum Gasteiger partial charge on any atom is 0.195 e. The Morgan fingerprint density at radius 2 is 1.59 bits per heavy atom. The zero-order chi connectivity index (χ0) is 25.3. The van der Waals surface area contributed by atoms with E-state index in [0.29, 0.717) is 26.6 Å². The molecule has 1 fully saturated rings. The van der Waals surface area contributed by atoms with Gasteiger partial charge in [-0.3, -0.25) is 14.4 Å². The van der Waals surface area contributed by atoms with E-state index in [0.717, 1.165) is 11.3 Å². The van der Waals surface area contributed by atoms with E-state index >= 15 is 0 Å². The SMILES string of the molecule is O=C(c1cccs1)[C@H]1[C@H](c2cccc(Cl)c2)C2(C(=O)c3ccccc3C2=O)[C@@H]2C=Cc3ccccc3N21. The van der Waals surface area contributed by atoms with Crippen molar-refractivity contribution in [3.05, 3.63) is 129 Å². The molecule has 1 aliphatic carbocycles. The molecule has 3 atom stereocenters. The lowest BCUT2D eigenvalue weighted by Gasteiger charge is -2.37. The third-order valence-corrected chi connectivity index (χ3v) is 9.07. The van der Waals surface area contributed by atoms with Gasteiger partial charge in [-0.1, -0.05) is 84.4 Å². The van der Waals surface area contributed by atoms with Crippen LogP contribution in [0.1, 0.15) is 47.4 Å². The van der Waals surface area contributed by atoms with E-state index in [1.165, 1.54) is 11.3 Å². The molecule has 1 spiro atoms. The van der Waals surface area contributed by atoms with E-state index < -0.39 is 23.4 Å². The molecule has 0 radical (unpaired) electrons. The smallest absolute Gasteiger partial charge is 0.195 e. The third-order valence-electron chi connectivity index (χ3n) is 7.95. The summed E-state index contributed by atoms with van der Waals surface area (Å²) in [5, 5.41) is 2.36. The van der Waals surface area contributed by atoms with Crippen molar-refractivity contribution in [2.45, 2.75) is 18.0 Å². The monoisotopic (exact) mass is 521 g/mol. The van der Waals surface area contributed by atoms with Crippen molar-refractivity contribution in [3.8, 4) is 0 Å². The minimum atomic E-state index is -1.50. The maximum atomic E-state index is 14.5. The van der Waals surface area contributed by atoms with Gasteiger partial charge in [-0.15, -0.1) is 11.3 Å². The molecule has 0 N–H and O–H groups in total. The molecule has 0 saturated carbocycles. The molecule has 0 bridgehead atoms. The molecule has 1 saturated heterocycles. The predicted molar refractivity (Wildman–Crippen MR) is 146 cm³/mol. The Hall–Kier alpha value is -3.80. The Morgan fingerprint density at radius 1 is 0.865 bits per heavy atom. The minimum absolute atomic E-state index is 0.108. The highest BCUT2D eigenvalue weighted by Crippen LogP contribution is 2.61. The van der Waals surface area contributed by atoms with Crippen molar-refractivity contribution in [3.63, 3.8) is 0 Å². The van der Waals surface area contributed by atoms with Crippen LogP contribution in [0, 0.1) is 5.41 Å². The van der Waals surface area contributed by atoms with Gasteiger partial charge in [0.25, 0.3) is 0 Å². The lowest BCUT2D eigenvalue weighted by Crippen LogP contribution is -2.48. The number of para-hydroxylation sites is 1. The third kappa shape index (κ3) is 2.93. The summed E-state index contributed by atoms with van der Waals surface area (Å²) in [6, 6.07) is 24.3. The standard InChI is InChI=1S/C31H20ClNO3S/c32-20-9-5-8-19(17-20)26-27(28(34)24-13-6-16-37-24)33-23-12-4-1-7-18(23)14-15-25(33)31(26)29(35)21-10-2-3-11-22(21)30(31)36/h1-17,25-27H/t25-,26-,27+/m0/s1. The molecule has 37 heavy (non-hydrogen) atoms. The summed E-state index contributed by atoms with van der Waals surface area (Å²) in [6.45, 7) is 0. The number of rotatable bonds is 3. The highest BCUT2D eigenvalue weighted by atomic mass is 35.5. The molecule has 3 aromatic carbocycles. The zero-order valence-electron chi connectivity index (χ0n) is 19.5. The fourth-order valence-corrected chi connectivity index (χ4v) is 7.45. The summed E-state index contributed by atoms with van der Waals surface area (Å²) in [6.07, 6.45) is 3.90. The highest BCUT2D eigenvalue weighted by Gasteiger charge is 2.71. The van der Waals surface area contributed by atoms with Crippen LogP contribution in [0.5, 0.6) is 0 Å². The van der Waals surface area contributed by atoms with Crippen LogP contribution in [0.3, 0.4) is 0 Å². The van der Waals surface area contributed by atoms with Crippen LogP contribution in [0.2, 0.25) is 5.02 Å². The van der Waals surface area contributed by atoms with Crippen LogP contribution in [0.4, 0.5) is 5.69 Å². The van der Waals surface area contributed by atoms with Gasteiger partial charge in [0.2, 0.25) is 0 Å². The van der Waals surface area contributed by atoms with E-state index in [9.17, 15) is 14.4 Å². The van der Waals surface area contributed by atoms with Gasteiger partial charge in [0, 0.05) is 27.8 Å². The number of halogens is 1. The number of thiophene rings is 1. The Morgan fingerprint density at radius 3 is 2.30 bits per heavy atom. The minimum Gasteiger partial charge on any atom is -0.352 e. The maximum absolute atomic E-state index is 14.5. The number of benzene rings is 3. The van der Waals surface area contributed by atoms with E-state index in [1.807, 2.05) is 64.9 Å². The second-order valence-electron chi connectivity index (χ2n) is 9.66. The van der Waals surface area contributed by atoms with E-state index in [2.05, 4.69) is 0 Å². The van der Waals surface area contributed by atoms with Crippen LogP contribution >= 0.6 is 22.9 Å². The molecule has 180 valence electrons. The van der Waals surface area contributed by atoms with Gasteiger partial charge in [-0.25, -0.2) is 0 Å². The van der Waals surface area contributed by atoms with Gasteiger partial charge in [0.05, 0.1) is 10.9 Å². The first-order chi connectivity index (χ1) is 18.0. The van der Waals surface area contributed by atoms with Crippen LogP contribution in [-0.2, 0) is 0 Å². The van der Waals surface area contributed by atoms with Gasteiger partial charge in [-0.05, 0) is 40.8 Å². The van der Waals surface area contributed by atoms with E-state index in [1.54, 1.807) is 42.5 Å². The molecule has 4 nitrogen and oxygen atoms in total. The molecule has 1 aromatic heterocycles. The van der Waals surface area contributed by atoms with Gasteiger partial charge >= 0.3 is 0 Å². The van der Waals surface area contributed by atoms with Crippen molar-refractivity contribution < 1.29 is 14.4 Å². The number of carbonyl (C=O) groups is 3. The molecule has 6 heteroatoms. The molecule has 3 aliphatic rings. The van der Waals surface area contributed by atoms with Gasteiger partial charge < -0.3 is 4.90 Å². The molecule has 2 aliphatic heterocycles. The number of Topliss-reactive ketones (excluding diaryl/α,β-unsaturated/α-hetero) is 3. The lowest BCUT2D eigenvalue weighted by molar-refractivity contribution is 0.0666. The molecule has 4 aromatic rings. The second kappa shape index (κ2) is 8.10. The largest absolute Gasteiger partial charge is 0.352 e. The Bertz CT molecular complexity index is 1600. The molecular weight excluding hydrogens is 502 g/mol. The van der Waals surface area contributed by atoms with Gasteiger partial charge in [0.15, 0.2) is 17.3 Å². The van der Waals surface area contributed by atoms with E-state index in [-0.39, 0.29) is 17.3 Å². The number of carbonyl (C=O) groups excluding carboxylic acids is 3. The van der Waals surface area contributed by atoms with Crippen molar-refractivity contribution in [1.29, 1.82) is 0 Å². The predicted octanol–water partition coefficient (Wildman–Crippen LogP) is 6.72. The topological polar surface area (TPSA) is 54.5 Å². The van der Waals surface area contributed by atoms with Gasteiger partial charge in [0.1, 0.15) is 11.5 Å². The normalized spacial score (nSPS) is 22.7. The Kier molecular flexibility index (Phi) is 4.91. The molecule has 3 heterocycles. The number of nitrogens with zero attached hydrogens (tertiary/aromatic N) is 1. The average Bonchev–Trinajstić information content (AvgIpc) is 3.62. The first-order valence-corrected chi connectivity index (χ1v) is 13.4. The molecular formula is C31H20ClNO3S. The Labute approximate surface area is 222 Å². The number of ketones is 3. The first kappa shape index (κ1) is 22.4. The zero-order valence-corrected chi connectivity index (χ0v) is 21.1. The fraction of sp³-hybridized carbons (Fsp3) is 0.129. The number of hydrogen-bond donors (Lipinski definition) is 0. The highest BCUT2D eigenvalue weighted by molar-refractivity contribution is 7.12. The van der Waals surface area contributed by atoms with Crippen molar-refractivity contribution in [2.24, 2.45) is 5.41 Å². The average molecular weight is 522 g/mol. The summed E-state index contributed by atoms with van der Waals surface area (Å²) in [7, 11) is 0. The quantitative estimate of drug-likeness (QED) is 0.222. The number of fused-ring (bicyclic) bond motifs is 5. The van der Waals surface area contributed by atoms with Crippen molar-refractivity contribution in [2.75, 3.05) is 4.90 Å². The lowest BCUT2D eigenvalue weighted by atomic mass is 9.64. The molecule has 7 rings (SSSR count). The first-order valence-electron chi connectivity index (χ1n) is 12.1. The van der Waals surface area contributed by atoms with Crippen LogP contribution < -0.4 is 4.90 Å². The number of anilines is 1. The molecule has 0 unspecified atom stereocenters. The fourth-order valence-electron chi connectivity index (χ4n) is 6.56. The van der Waals surface area contributed by atoms with Gasteiger partial charge in [-0.2, -0.15) is 0 Å². The number of hydrogen-bond acceptors (Lipinski definition) is 5. The van der Waals surface area contributed by atoms with Crippen LogP contribution in [0.25, 0.3) is 6.08 Å². The summed E-state index contributed by atoms with van der Waals surface area (Å²) in [5.41, 5.74) is 1.81. The second-order valence-corrected chi connectivity index (χ2v) is 11.0. The van der Waals surface area contributed by atoms with Crippen LogP contribution in [0.15, 0.2) is 96.4 Å². The summed E-state index contributed by atoms with van der Waals surface area (Å²) in [5.74, 6) is -1.32. The van der Waals surface area contributed by atoms with Crippen molar-refractivity contribution in [1.82, 2.24) is 0 Å². The van der Waals surface area contributed by atoms with Crippen molar-refractivity contribution >= 4 is 52.1 Å². The van der Waals surface area contributed by atoms with E-state index in [4.69, 9.17) is 11.6 Å². The summed E-state index contributed by atoms with van der Waals surface area (Å²) < 4.78 is 0. The summed E-state index contributed by atoms with van der Waals surface area (Å²) in [4.78, 5) is 46.0. The summed E-state index contributed by atoms with van der Waals surface area (Å²) >= 11 is 7.83. The Balaban J connectivity index is 1.57.